The smallest absolute Gasteiger partial charge is 0.192 e. The molecule has 0 spiro atoms. The van der Waals surface area contributed by atoms with Crippen LogP contribution in [0.5, 0.6) is 5.75 Å². The Labute approximate surface area is 280 Å². The number of nitrogens with one attached hydrogen (secondary N) is 1. The number of ether oxygens (including phenoxy) is 1. The van der Waals surface area contributed by atoms with E-state index in [1.165, 1.54) is 23.1 Å². The van der Waals surface area contributed by atoms with Crippen molar-refractivity contribution in [2.24, 2.45) is 0 Å². The Balaban J connectivity index is 1.41. The zero-order valence-electron chi connectivity index (χ0n) is 27.9. The first-order chi connectivity index (χ1) is 22.6. The molecule has 0 aliphatic heterocycles. The lowest BCUT2D eigenvalue weighted by atomic mass is 10.1. The Kier molecular flexibility index (Phi) is 10.3. The summed E-state index contributed by atoms with van der Waals surface area (Å²) in [4.78, 5) is 13.3. The molecule has 0 amide bonds. The molecule has 48 heavy (non-hydrogen) atoms. The Hall–Kier alpha value is -4.27. The number of rotatable bonds is 13. The average Bonchev–Trinajstić information content (AvgIpc) is 3.38. The number of hydrogen-bond acceptors (Lipinski definition) is 9. The van der Waals surface area contributed by atoms with Crippen molar-refractivity contribution in [3.8, 4) is 17.3 Å². The summed E-state index contributed by atoms with van der Waals surface area (Å²) in [5.41, 5.74) is 2.16. The molecule has 5 aromatic rings. The number of pyridine rings is 1. The summed E-state index contributed by atoms with van der Waals surface area (Å²) in [6, 6.07) is 13.1. The highest BCUT2D eigenvalue weighted by Crippen LogP contribution is 2.36. The second-order valence-electron chi connectivity index (χ2n) is 13.2. The second-order valence-corrected chi connectivity index (χ2v) is 20.2. The van der Waals surface area contributed by atoms with Gasteiger partial charge in [0.25, 0.3) is 0 Å². The maximum atomic E-state index is 15.4. The van der Waals surface area contributed by atoms with E-state index in [1.807, 2.05) is 18.2 Å². The van der Waals surface area contributed by atoms with Crippen molar-refractivity contribution in [2.75, 3.05) is 30.5 Å². The maximum Gasteiger partial charge on any atom is 0.192 e. The highest BCUT2D eigenvalue weighted by Gasteiger charge is 2.37. The van der Waals surface area contributed by atoms with Crippen molar-refractivity contribution in [1.29, 1.82) is 0 Å². The van der Waals surface area contributed by atoms with Crippen LogP contribution in [0.4, 0.5) is 20.3 Å². The Morgan fingerprint density at radius 3 is 2.35 bits per heavy atom. The van der Waals surface area contributed by atoms with Gasteiger partial charge >= 0.3 is 0 Å². The molecule has 10 nitrogen and oxygen atoms in total. The minimum atomic E-state index is -3.24. The van der Waals surface area contributed by atoms with Crippen molar-refractivity contribution in [2.45, 2.75) is 51.9 Å². The Morgan fingerprint density at radius 2 is 1.69 bits per heavy atom. The van der Waals surface area contributed by atoms with Crippen LogP contribution in [0.25, 0.3) is 22.4 Å². The number of para-hydroxylation sites is 1. The van der Waals surface area contributed by atoms with Gasteiger partial charge in [-0.3, -0.25) is 9.67 Å². The van der Waals surface area contributed by atoms with Gasteiger partial charge in [-0.15, -0.1) is 0 Å². The van der Waals surface area contributed by atoms with Gasteiger partial charge in [0, 0.05) is 59.2 Å². The zero-order valence-corrected chi connectivity index (χ0v) is 29.7. The van der Waals surface area contributed by atoms with Crippen LogP contribution in [0.15, 0.2) is 67.1 Å². The topological polar surface area (TPSA) is 121 Å². The molecule has 0 radical (unpaired) electrons. The fraction of sp³-hybridized carbons (Fsp3) is 0.353. The van der Waals surface area contributed by atoms with E-state index < -0.39 is 29.8 Å². The molecule has 5 rings (SSSR count). The van der Waals surface area contributed by atoms with Crippen molar-refractivity contribution in [3.05, 3.63) is 89.9 Å². The van der Waals surface area contributed by atoms with Gasteiger partial charge in [-0.05, 0) is 42.8 Å². The van der Waals surface area contributed by atoms with Crippen molar-refractivity contribution in [3.63, 3.8) is 0 Å². The third-order valence-electron chi connectivity index (χ3n) is 8.46. The molecule has 3 heterocycles. The van der Waals surface area contributed by atoms with Crippen LogP contribution in [0.1, 0.15) is 31.9 Å². The summed E-state index contributed by atoms with van der Waals surface area (Å²) in [7, 11) is -5.21. The molecular formula is C34H40F2N6O4SSi. The van der Waals surface area contributed by atoms with Crippen molar-refractivity contribution < 1.29 is 26.4 Å². The molecule has 14 heteroatoms. The number of sulfone groups is 1. The van der Waals surface area contributed by atoms with E-state index in [9.17, 15) is 8.42 Å². The van der Waals surface area contributed by atoms with Crippen LogP contribution in [0.2, 0.25) is 18.1 Å². The lowest BCUT2D eigenvalue weighted by molar-refractivity contribution is 0.202. The quantitative estimate of drug-likeness (QED) is 0.103. The van der Waals surface area contributed by atoms with Crippen molar-refractivity contribution in [1.82, 2.24) is 24.7 Å². The van der Waals surface area contributed by atoms with Gasteiger partial charge in [-0.2, -0.15) is 5.10 Å². The first-order valence-electron chi connectivity index (χ1n) is 15.5. The monoisotopic (exact) mass is 694 g/mol. The summed E-state index contributed by atoms with van der Waals surface area (Å²) in [5, 5.41) is 8.65. The van der Waals surface area contributed by atoms with Gasteiger partial charge in [0.15, 0.2) is 14.1 Å². The molecule has 0 saturated carbocycles. The van der Waals surface area contributed by atoms with E-state index in [0.717, 1.165) is 0 Å². The number of anilines is 2. The predicted octanol–water partition coefficient (Wildman–Crippen LogP) is 6.95. The molecule has 0 saturated heterocycles. The third kappa shape index (κ3) is 8.41. The summed E-state index contributed by atoms with van der Waals surface area (Å²) in [5.74, 6) is -0.843. The summed E-state index contributed by atoms with van der Waals surface area (Å²) in [6.07, 6.45) is 6.19. The number of nitrogens with zero attached hydrogens (tertiary/aromatic N) is 5. The number of hydrogen-bond donors (Lipinski definition) is 1. The largest absolute Gasteiger partial charge is 0.491 e. The van der Waals surface area contributed by atoms with Gasteiger partial charge in [0.2, 0.25) is 0 Å². The van der Waals surface area contributed by atoms with Gasteiger partial charge < -0.3 is 14.5 Å². The molecule has 2 aromatic carbocycles. The standard InChI is InChI=1S/C34H40F2N6O4SSi/c1-34(2,3)48(5,6)46-17-16-45-25-19-28(35)27(29(36)20-25)22-42-30-10-8-7-9-26(30)31(41-42)33-38-21-23(13-18-47(4,43)44)32(40-33)39-24-11-14-37-15-12-24/h7-12,14-15,19-21H,13,16-18,22H2,1-6H3,(H,37,38,39,40). The SMILES string of the molecule is CC(C)(C)[Si](C)(C)OCCOc1cc(F)c(Cn2nc(-c3ncc(CCS(C)(=O)=O)c(Nc4ccncc4)n3)c3ccccc32)c(F)c1. The number of benzene rings is 2. The minimum absolute atomic E-state index is 0.0399. The number of halogens is 2. The van der Waals surface area contributed by atoms with Gasteiger partial charge in [-0.25, -0.2) is 27.2 Å². The fourth-order valence-electron chi connectivity index (χ4n) is 4.73. The second kappa shape index (κ2) is 14.1. The number of aromatic nitrogens is 5. The lowest BCUT2D eigenvalue weighted by Crippen LogP contribution is -2.41. The first-order valence-corrected chi connectivity index (χ1v) is 20.5. The molecule has 0 unspecified atom stereocenters. The average molecular weight is 695 g/mol. The molecule has 0 aliphatic carbocycles. The van der Waals surface area contributed by atoms with Gasteiger partial charge in [-0.1, -0.05) is 39.0 Å². The predicted molar refractivity (Wildman–Crippen MR) is 186 cm³/mol. The maximum absolute atomic E-state index is 15.4. The third-order valence-corrected chi connectivity index (χ3v) is 13.9. The first kappa shape index (κ1) is 35.0. The fourth-order valence-corrected chi connectivity index (χ4v) is 6.35. The Bertz CT molecular complexity index is 1990. The van der Waals surface area contributed by atoms with Crippen LogP contribution < -0.4 is 10.1 Å². The molecule has 0 fully saturated rings. The van der Waals surface area contributed by atoms with E-state index >= 15 is 8.78 Å². The van der Waals surface area contributed by atoms with Crippen LogP contribution in [-0.4, -0.2) is 66.7 Å². The number of fused-ring (bicyclic) bond motifs is 1. The molecule has 1 N–H and O–H groups in total. The lowest BCUT2D eigenvalue weighted by Gasteiger charge is -2.36. The van der Waals surface area contributed by atoms with E-state index in [-0.39, 0.29) is 47.5 Å². The number of aryl methyl sites for hydroxylation is 1. The van der Waals surface area contributed by atoms with E-state index in [2.05, 4.69) is 49.1 Å². The van der Waals surface area contributed by atoms with Crippen molar-refractivity contribution >= 4 is 40.6 Å². The van der Waals surface area contributed by atoms with Crippen LogP contribution >= 0.6 is 0 Å². The Morgan fingerprint density at radius 1 is 1.00 bits per heavy atom. The van der Waals surface area contributed by atoms with Crippen LogP contribution in [-0.2, 0) is 27.2 Å². The molecule has 3 aromatic heterocycles. The minimum Gasteiger partial charge on any atom is -0.491 e. The normalized spacial score (nSPS) is 12.4. The van der Waals surface area contributed by atoms with E-state index in [1.54, 1.807) is 36.8 Å². The van der Waals surface area contributed by atoms with Gasteiger partial charge in [0.1, 0.15) is 45.3 Å². The van der Waals surface area contributed by atoms with E-state index in [4.69, 9.17) is 19.2 Å². The van der Waals surface area contributed by atoms with Gasteiger partial charge in [0.05, 0.1) is 24.4 Å². The molecule has 0 atom stereocenters. The molecule has 254 valence electrons. The van der Waals surface area contributed by atoms with Crippen LogP contribution in [0.3, 0.4) is 0 Å². The highest BCUT2D eigenvalue weighted by atomic mass is 32.2. The summed E-state index contributed by atoms with van der Waals surface area (Å²) < 4.78 is 67.8. The highest BCUT2D eigenvalue weighted by molar-refractivity contribution is 7.90. The summed E-state index contributed by atoms with van der Waals surface area (Å²) in [6.45, 7) is 11.0. The molecule has 0 bridgehead atoms. The zero-order chi connectivity index (χ0) is 34.7. The van der Waals surface area contributed by atoms with Crippen LogP contribution in [0, 0.1) is 11.6 Å². The molecular weight excluding hydrogens is 655 g/mol. The van der Waals surface area contributed by atoms with E-state index in [0.29, 0.717) is 40.3 Å². The summed E-state index contributed by atoms with van der Waals surface area (Å²) >= 11 is 0. The molecule has 0 aliphatic rings.